The van der Waals surface area contributed by atoms with Crippen LogP contribution in [0.4, 0.5) is 4.79 Å². The maximum atomic E-state index is 12.7. The van der Waals surface area contributed by atoms with Crippen molar-refractivity contribution in [3.05, 3.63) is 77.9 Å². The third-order valence-electron chi connectivity index (χ3n) is 4.58. The van der Waals surface area contributed by atoms with E-state index in [4.69, 9.17) is 10.5 Å². The van der Waals surface area contributed by atoms with Gasteiger partial charge in [0.05, 0.1) is 0 Å². The summed E-state index contributed by atoms with van der Waals surface area (Å²) in [4.78, 5) is 36.7. The second-order valence-corrected chi connectivity index (χ2v) is 7.44. The van der Waals surface area contributed by atoms with E-state index in [2.05, 4.69) is 10.6 Å². The van der Waals surface area contributed by atoms with E-state index in [1.807, 2.05) is 66.7 Å². The molecule has 0 radical (unpaired) electrons. The van der Waals surface area contributed by atoms with Crippen molar-refractivity contribution in [3.63, 3.8) is 0 Å². The molecule has 0 heterocycles. The van der Waals surface area contributed by atoms with Crippen LogP contribution in [0.3, 0.4) is 0 Å². The van der Waals surface area contributed by atoms with Gasteiger partial charge in [0.2, 0.25) is 11.8 Å². The quantitative estimate of drug-likeness (QED) is 0.545. The summed E-state index contributed by atoms with van der Waals surface area (Å²) in [6.07, 6.45) is 3.15. The van der Waals surface area contributed by atoms with E-state index in [1.165, 1.54) is 0 Å². The fourth-order valence-corrected chi connectivity index (χ4v) is 2.84. The van der Waals surface area contributed by atoms with Crippen molar-refractivity contribution in [2.75, 3.05) is 0 Å². The summed E-state index contributed by atoms with van der Waals surface area (Å²) in [7, 11) is 0. The third-order valence-corrected chi connectivity index (χ3v) is 4.58. The molecule has 0 aliphatic rings. The lowest BCUT2D eigenvalue weighted by Gasteiger charge is -2.23. The summed E-state index contributed by atoms with van der Waals surface area (Å²) >= 11 is 0. The average Bonchev–Trinajstić information content (AvgIpc) is 2.76. The van der Waals surface area contributed by atoms with Crippen molar-refractivity contribution in [2.24, 2.45) is 11.7 Å². The summed E-state index contributed by atoms with van der Waals surface area (Å²) in [5.74, 6) is -1.37. The molecule has 2 atom stereocenters. The maximum Gasteiger partial charge on any atom is 0.408 e. The van der Waals surface area contributed by atoms with E-state index in [0.29, 0.717) is 0 Å². The van der Waals surface area contributed by atoms with Gasteiger partial charge in [0.1, 0.15) is 18.7 Å². The number of ether oxygens (including phenoxy) is 1. The molecular formula is C24H29N3O4. The standard InChI is InChI=1S/C24H29N3O4/c1-17(2)21(27-24(30)31-16-19-12-7-4-8-13-19)23(29)26-20(22(25)28)15-9-14-18-10-5-3-6-11-18/h3-14,17,20-21H,15-16H2,1-2H3,(H2,25,28)(H,26,29)(H,27,30)/b14-9+/t20-,21-/m1/s1. The highest BCUT2D eigenvalue weighted by Gasteiger charge is 2.28. The molecule has 31 heavy (non-hydrogen) atoms. The Bertz CT molecular complexity index is 882. The van der Waals surface area contributed by atoms with Crippen LogP contribution in [0.2, 0.25) is 0 Å². The lowest BCUT2D eigenvalue weighted by molar-refractivity contribution is -0.129. The van der Waals surface area contributed by atoms with Crippen molar-refractivity contribution >= 4 is 24.0 Å². The number of carbonyl (C=O) groups is 3. The van der Waals surface area contributed by atoms with Crippen LogP contribution < -0.4 is 16.4 Å². The van der Waals surface area contributed by atoms with E-state index in [0.717, 1.165) is 11.1 Å². The number of carbonyl (C=O) groups excluding carboxylic acids is 3. The fourth-order valence-electron chi connectivity index (χ4n) is 2.84. The summed E-state index contributed by atoms with van der Waals surface area (Å²) < 4.78 is 5.19. The first-order valence-corrected chi connectivity index (χ1v) is 10.2. The van der Waals surface area contributed by atoms with Gasteiger partial charge in [0.15, 0.2) is 0 Å². The smallest absolute Gasteiger partial charge is 0.408 e. The van der Waals surface area contributed by atoms with Gasteiger partial charge in [-0.15, -0.1) is 0 Å². The van der Waals surface area contributed by atoms with Crippen LogP contribution in [0.5, 0.6) is 0 Å². The van der Waals surface area contributed by atoms with E-state index in [9.17, 15) is 14.4 Å². The van der Waals surface area contributed by atoms with Crippen molar-refractivity contribution in [2.45, 2.75) is 39.0 Å². The number of hydrogen-bond donors (Lipinski definition) is 3. The third kappa shape index (κ3) is 8.34. The molecule has 0 saturated carbocycles. The first-order chi connectivity index (χ1) is 14.9. The molecule has 4 N–H and O–H groups in total. The Labute approximate surface area is 182 Å². The Morgan fingerprint density at radius 1 is 0.968 bits per heavy atom. The first kappa shape index (κ1) is 23.7. The topological polar surface area (TPSA) is 111 Å². The molecule has 2 rings (SSSR count). The van der Waals surface area contributed by atoms with Gasteiger partial charge in [-0.2, -0.15) is 0 Å². The molecule has 7 nitrogen and oxygen atoms in total. The van der Waals surface area contributed by atoms with Crippen LogP contribution in [0, 0.1) is 5.92 Å². The molecule has 0 bridgehead atoms. The van der Waals surface area contributed by atoms with Gasteiger partial charge in [-0.05, 0) is 23.5 Å². The fraction of sp³-hybridized carbons (Fsp3) is 0.292. The van der Waals surface area contributed by atoms with Gasteiger partial charge in [0, 0.05) is 0 Å². The second-order valence-electron chi connectivity index (χ2n) is 7.44. The number of nitrogens with one attached hydrogen (secondary N) is 2. The highest BCUT2D eigenvalue weighted by atomic mass is 16.5. The molecule has 0 aromatic heterocycles. The Morgan fingerprint density at radius 3 is 2.16 bits per heavy atom. The monoisotopic (exact) mass is 423 g/mol. The van der Waals surface area contributed by atoms with Crippen LogP contribution in [-0.4, -0.2) is 30.0 Å². The molecule has 0 saturated heterocycles. The molecule has 0 unspecified atom stereocenters. The number of nitrogens with two attached hydrogens (primary N) is 1. The number of hydrogen-bond acceptors (Lipinski definition) is 4. The van der Waals surface area contributed by atoms with Crippen molar-refractivity contribution in [1.29, 1.82) is 0 Å². The number of amides is 3. The summed E-state index contributed by atoms with van der Waals surface area (Å²) in [6.45, 7) is 3.67. The molecule has 2 aromatic carbocycles. The van der Waals surface area contributed by atoms with E-state index < -0.39 is 30.0 Å². The Kier molecular flexibility index (Phi) is 9.29. The minimum Gasteiger partial charge on any atom is -0.445 e. The van der Waals surface area contributed by atoms with Crippen LogP contribution in [0.15, 0.2) is 66.7 Å². The molecule has 164 valence electrons. The molecule has 0 aliphatic heterocycles. The minimum absolute atomic E-state index is 0.0906. The van der Waals surface area contributed by atoms with Crippen molar-refractivity contribution < 1.29 is 19.1 Å². The molecule has 0 fully saturated rings. The average molecular weight is 424 g/mol. The van der Waals surface area contributed by atoms with Gasteiger partial charge in [-0.3, -0.25) is 9.59 Å². The highest BCUT2D eigenvalue weighted by Crippen LogP contribution is 2.07. The largest absolute Gasteiger partial charge is 0.445 e. The summed E-state index contributed by atoms with van der Waals surface area (Å²) in [6, 6.07) is 17.0. The van der Waals surface area contributed by atoms with Gasteiger partial charge in [-0.1, -0.05) is 86.7 Å². The number of benzene rings is 2. The molecular weight excluding hydrogens is 394 g/mol. The highest BCUT2D eigenvalue weighted by molar-refractivity contribution is 5.91. The lowest BCUT2D eigenvalue weighted by atomic mass is 10.0. The Balaban J connectivity index is 1.92. The van der Waals surface area contributed by atoms with E-state index in [-0.39, 0.29) is 18.9 Å². The molecule has 3 amide bonds. The second kappa shape index (κ2) is 12.2. The SMILES string of the molecule is CC(C)[C@@H](NC(=O)OCc1ccccc1)C(=O)N[C@H](C/C=C/c1ccccc1)C(N)=O. The van der Waals surface area contributed by atoms with Gasteiger partial charge in [0.25, 0.3) is 0 Å². The Hall–Kier alpha value is -3.61. The molecule has 7 heteroatoms. The molecule has 0 spiro atoms. The number of alkyl carbamates (subject to hydrolysis) is 1. The normalized spacial score (nSPS) is 12.9. The molecule has 2 aromatic rings. The predicted octanol–water partition coefficient (Wildman–Crippen LogP) is 3.01. The zero-order chi connectivity index (χ0) is 22.6. The Morgan fingerprint density at radius 2 is 1.58 bits per heavy atom. The lowest BCUT2D eigenvalue weighted by Crippen LogP contribution is -2.54. The van der Waals surface area contributed by atoms with Crippen LogP contribution in [0.25, 0.3) is 6.08 Å². The summed E-state index contributed by atoms with van der Waals surface area (Å²) in [5, 5.41) is 5.20. The van der Waals surface area contributed by atoms with Crippen molar-refractivity contribution in [1.82, 2.24) is 10.6 Å². The van der Waals surface area contributed by atoms with Crippen molar-refractivity contribution in [3.8, 4) is 0 Å². The van der Waals surface area contributed by atoms with Crippen LogP contribution in [-0.2, 0) is 20.9 Å². The first-order valence-electron chi connectivity index (χ1n) is 10.2. The summed E-state index contributed by atoms with van der Waals surface area (Å²) in [5.41, 5.74) is 7.26. The maximum absolute atomic E-state index is 12.7. The van der Waals surface area contributed by atoms with E-state index >= 15 is 0 Å². The number of rotatable bonds is 10. The van der Waals surface area contributed by atoms with E-state index in [1.54, 1.807) is 19.9 Å². The van der Waals surface area contributed by atoms with Gasteiger partial charge >= 0.3 is 6.09 Å². The minimum atomic E-state index is -0.893. The van der Waals surface area contributed by atoms with Crippen LogP contribution >= 0.6 is 0 Å². The van der Waals surface area contributed by atoms with Crippen LogP contribution in [0.1, 0.15) is 31.4 Å². The van der Waals surface area contributed by atoms with Gasteiger partial charge < -0.3 is 21.1 Å². The van der Waals surface area contributed by atoms with Gasteiger partial charge in [-0.25, -0.2) is 4.79 Å². The molecule has 0 aliphatic carbocycles. The zero-order valence-electron chi connectivity index (χ0n) is 17.8. The number of primary amides is 1. The predicted molar refractivity (Wildman–Crippen MR) is 120 cm³/mol. The zero-order valence-corrected chi connectivity index (χ0v) is 17.8.